The third-order valence-corrected chi connectivity index (χ3v) is 4.20. The Morgan fingerprint density at radius 3 is 2.44 bits per heavy atom. The van der Waals surface area contributed by atoms with Gasteiger partial charge in [0.2, 0.25) is 0 Å². The van der Waals surface area contributed by atoms with Gasteiger partial charge in [0.05, 0.1) is 17.3 Å². The van der Waals surface area contributed by atoms with E-state index in [0.717, 1.165) is 12.1 Å². The number of aromatic nitrogens is 1. The molecule has 0 saturated carbocycles. The molecule has 0 amide bonds. The van der Waals surface area contributed by atoms with E-state index in [1.165, 1.54) is 16.7 Å². The molecule has 0 fully saturated rings. The van der Waals surface area contributed by atoms with Crippen LogP contribution in [-0.2, 0) is 0 Å². The van der Waals surface area contributed by atoms with Crippen molar-refractivity contribution in [1.82, 2.24) is 4.57 Å². The van der Waals surface area contributed by atoms with Crippen molar-refractivity contribution in [2.24, 2.45) is 0 Å². The Bertz CT molecular complexity index is 1070. The van der Waals surface area contributed by atoms with Crippen LogP contribution < -0.4 is 16.0 Å². The average Bonchev–Trinajstić information content (AvgIpc) is 2.54. The number of anilines is 1. The van der Waals surface area contributed by atoms with Crippen molar-refractivity contribution >= 4 is 16.6 Å². The lowest BCUT2D eigenvalue weighted by molar-refractivity contribution is -0.274. The monoisotopic (exact) mass is 378 g/mol. The van der Waals surface area contributed by atoms with E-state index in [-0.39, 0.29) is 11.2 Å². The van der Waals surface area contributed by atoms with Crippen molar-refractivity contribution in [2.75, 3.05) is 5.73 Å². The molecule has 142 valence electrons. The number of fused-ring (bicyclic) bond motifs is 1. The summed E-state index contributed by atoms with van der Waals surface area (Å²) in [6.07, 6.45) is -5.54. The fraction of sp³-hybridized carbons (Fsp3) is 0.211. The number of hydrogen-bond donors (Lipinski definition) is 2. The molecule has 1 heterocycles. The predicted octanol–water partition coefficient (Wildman–Crippen LogP) is 3.83. The van der Waals surface area contributed by atoms with Gasteiger partial charge in [-0.2, -0.15) is 0 Å². The maximum absolute atomic E-state index is 12.6. The number of nitrogens with two attached hydrogens (primary N) is 1. The summed E-state index contributed by atoms with van der Waals surface area (Å²) >= 11 is 0. The molecule has 0 aliphatic carbocycles. The molecule has 3 aromatic rings. The molecule has 1 aromatic heterocycles. The number of ether oxygens (including phenoxy) is 1. The molecule has 0 aliphatic rings. The normalized spacial score (nSPS) is 13.0. The predicted molar refractivity (Wildman–Crippen MR) is 96.0 cm³/mol. The van der Waals surface area contributed by atoms with Gasteiger partial charge in [0.1, 0.15) is 5.75 Å². The zero-order valence-electron chi connectivity index (χ0n) is 14.5. The summed E-state index contributed by atoms with van der Waals surface area (Å²) in [4.78, 5) is 12.6. The van der Waals surface area contributed by atoms with Crippen molar-refractivity contribution < 1.29 is 23.0 Å². The number of rotatable bonds is 3. The molecule has 0 spiro atoms. The molecule has 0 aliphatic heterocycles. The minimum Gasteiger partial charge on any atom is -0.406 e. The van der Waals surface area contributed by atoms with E-state index in [0.29, 0.717) is 22.2 Å². The molecule has 8 heteroatoms. The van der Waals surface area contributed by atoms with Crippen LogP contribution in [0, 0.1) is 6.92 Å². The third-order valence-electron chi connectivity index (χ3n) is 4.20. The van der Waals surface area contributed by atoms with E-state index < -0.39 is 23.8 Å². The zero-order valence-corrected chi connectivity index (χ0v) is 14.5. The lowest BCUT2D eigenvalue weighted by Gasteiger charge is -2.17. The number of halogens is 3. The van der Waals surface area contributed by atoms with E-state index in [1.807, 2.05) is 0 Å². The summed E-state index contributed by atoms with van der Waals surface area (Å²) in [7, 11) is 0. The maximum atomic E-state index is 12.6. The third kappa shape index (κ3) is 3.75. The van der Waals surface area contributed by atoms with E-state index in [9.17, 15) is 23.1 Å². The van der Waals surface area contributed by atoms with Gasteiger partial charge in [0.15, 0.2) is 0 Å². The van der Waals surface area contributed by atoms with Crippen LogP contribution in [0.1, 0.15) is 24.2 Å². The highest BCUT2D eigenvalue weighted by atomic mass is 19.4. The molecule has 27 heavy (non-hydrogen) atoms. The largest absolute Gasteiger partial charge is 0.573 e. The minimum atomic E-state index is -4.85. The Balaban J connectivity index is 2.28. The number of aliphatic hydroxyl groups is 1. The second-order valence-electron chi connectivity index (χ2n) is 6.22. The van der Waals surface area contributed by atoms with Gasteiger partial charge in [-0.05, 0) is 43.2 Å². The quantitative estimate of drug-likeness (QED) is 0.726. The first kappa shape index (κ1) is 18.8. The summed E-state index contributed by atoms with van der Waals surface area (Å²) in [5.41, 5.74) is 7.53. The van der Waals surface area contributed by atoms with Crippen LogP contribution >= 0.6 is 0 Å². The van der Waals surface area contributed by atoms with Crippen molar-refractivity contribution in [3.8, 4) is 11.4 Å². The summed E-state index contributed by atoms with van der Waals surface area (Å²) in [5.74, 6) is -0.452. The van der Waals surface area contributed by atoms with Gasteiger partial charge in [0, 0.05) is 23.2 Å². The second kappa shape index (κ2) is 6.62. The lowest BCUT2D eigenvalue weighted by atomic mass is 10.0. The smallest absolute Gasteiger partial charge is 0.406 e. The fourth-order valence-electron chi connectivity index (χ4n) is 2.97. The topological polar surface area (TPSA) is 77.5 Å². The minimum absolute atomic E-state index is 0.156. The maximum Gasteiger partial charge on any atom is 0.573 e. The van der Waals surface area contributed by atoms with Crippen molar-refractivity contribution in [3.05, 3.63) is 63.9 Å². The van der Waals surface area contributed by atoms with E-state index in [4.69, 9.17) is 5.73 Å². The van der Waals surface area contributed by atoms with Crippen LogP contribution in [0.2, 0.25) is 0 Å². The molecular weight excluding hydrogens is 361 g/mol. The van der Waals surface area contributed by atoms with Crippen LogP contribution in [0.4, 0.5) is 18.9 Å². The lowest BCUT2D eigenvalue weighted by Crippen LogP contribution is -2.21. The van der Waals surface area contributed by atoms with Gasteiger partial charge >= 0.3 is 6.36 Å². The van der Waals surface area contributed by atoms with Gasteiger partial charge < -0.3 is 15.6 Å². The summed E-state index contributed by atoms with van der Waals surface area (Å²) in [6, 6.07) is 9.86. The van der Waals surface area contributed by atoms with E-state index in [2.05, 4.69) is 4.74 Å². The Kier molecular flexibility index (Phi) is 4.61. The van der Waals surface area contributed by atoms with Crippen LogP contribution in [-0.4, -0.2) is 16.0 Å². The first-order chi connectivity index (χ1) is 12.6. The van der Waals surface area contributed by atoms with Crippen LogP contribution in [0.15, 0.2) is 47.3 Å². The van der Waals surface area contributed by atoms with Gasteiger partial charge in [-0.25, -0.2) is 0 Å². The van der Waals surface area contributed by atoms with Gasteiger partial charge in [-0.15, -0.1) is 13.2 Å². The van der Waals surface area contributed by atoms with Crippen molar-refractivity contribution in [1.29, 1.82) is 0 Å². The van der Waals surface area contributed by atoms with Gasteiger partial charge in [-0.1, -0.05) is 12.1 Å². The number of pyridine rings is 1. The number of alkyl halides is 3. The average molecular weight is 378 g/mol. The molecule has 2 aromatic carbocycles. The molecule has 0 radical (unpaired) electrons. The van der Waals surface area contributed by atoms with Crippen LogP contribution in [0.3, 0.4) is 0 Å². The van der Waals surface area contributed by atoms with Crippen molar-refractivity contribution in [2.45, 2.75) is 26.3 Å². The highest BCUT2D eigenvalue weighted by Gasteiger charge is 2.31. The number of hydrogen-bond acceptors (Lipinski definition) is 4. The van der Waals surface area contributed by atoms with Crippen LogP contribution in [0.5, 0.6) is 5.75 Å². The van der Waals surface area contributed by atoms with E-state index in [1.54, 1.807) is 32.0 Å². The Hall–Kier alpha value is -3.00. The van der Waals surface area contributed by atoms with Gasteiger partial charge in [-0.3, -0.25) is 9.36 Å². The Morgan fingerprint density at radius 2 is 1.85 bits per heavy atom. The number of nitrogen functional groups attached to an aromatic ring is 1. The Morgan fingerprint density at radius 1 is 1.15 bits per heavy atom. The molecular formula is C19H17F3N2O3. The first-order valence-electron chi connectivity index (χ1n) is 8.07. The molecule has 3 N–H and O–H groups in total. The summed E-state index contributed by atoms with van der Waals surface area (Å²) < 4.78 is 43.0. The zero-order chi connectivity index (χ0) is 19.9. The summed E-state index contributed by atoms with van der Waals surface area (Å²) in [5, 5.41) is 10.1. The molecule has 0 bridgehead atoms. The standard InChI is InChI=1S/C19H17F3N2O3/c1-10-7-12(11(2)25)3-6-16(10)24-17-8-13(27-19(20,21)22)4-5-14(17)15(23)9-18(24)26/h3-9,11,25H,23H2,1-2H3. The molecule has 0 saturated heterocycles. The van der Waals surface area contributed by atoms with Crippen LogP contribution in [0.25, 0.3) is 16.6 Å². The highest BCUT2D eigenvalue weighted by molar-refractivity contribution is 5.92. The van der Waals surface area contributed by atoms with Crippen molar-refractivity contribution in [3.63, 3.8) is 0 Å². The molecule has 1 atom stereocenters. The number of benzene rings is 2. The first-order valence-corrected chi connectivity index (χ1v) is 8.07. The Labute approximate surface area is 152 Å². The molecule has 5 nitrogen and oxygen atoms in total. The molecule has 3 rings (SSSR count). The van der Waals surface area contributed by atoms with E-state index >= 15 is 0 Å². The summed E-state index contributed by atoms with van der Waals surface area (Å²) in [6.45, 7) is 3.35. The van der Waals surface area contributed by atoms with Gasteiger partial charge in [0.25, 0.3) is 5.56 Å². The molecule has 1 unspecified atom stereocenters. The number of aryl methyl sites for hydroxylation is 1. The fourth-order valence-corrected chi connectivity index (χ4v) is 2.97. The SMILES string of the molecule is Cc1cc(C(C)O)ccc1-n1c(=O)cc(N)c2ccc(OC(F)(F)F)cc21. The number of nitrogens with zero attached hydrogens (tertiary/aromatic N) is 1. The number of aliphatic hydroxyl groups excluding tert-OH is 1. The second-order valence-corrected chi connectivity index (χ2v) is 6.22. The highest BCUT2D eigenvalue weighted by Crippen LogP contribution is 2.30.